The topological polar surface area (TPSA) is 14.1 Å². The Morgan fingerprint density at radius 1 is 1.15 bits per heavy atom. The third-order valence-corrected chi connectivity index (χ3v) is 1.86. The first-order valence-corrected chi connectivity index (χ1v) is 4.30. The van der Waals surface area contributed by atoms with Gasteiger partial charge in [-0.3, -0.25) is 0 Å². The summed E-state index contributed by atoms with van der Waals surface area (Å²) in [7, 11) is 0. The number of allylic oxidation sites excluding steroid dienone is 2. The zero-order valence-electron chi connectivity index (χ0n) is 7.27. The van der Waals surface area contributed by atoms with Crippen LogP contribution in [-0.2, 0) is 6.54 Å². The summed E-state index contributed by atoms with van der Waals surface area (Å²) in [5.41, 5.74) is 5.21. The summed E-state index contributed by atoms with van der Waals surface area (Å²) < 4.78 is 0. The molecule has 0 atom stereocenters. The van der Waals surface area contributed by atoms with E-state index in [9.17, 15) is 0 Å². The Morgan fingerprint density at radius 2 is 2.00 bits per heavy atom. The maximum Gasteiger partial charge on any atom is -0.0213 e. The monoisotopic (exact) mass is 168 g/mol. The summed E-state index contributed by atoms with van der Waals surface area (Å²) in [6, 6.07) is 10.2. The van der Waals surface area contributed by atoms with E-state index in [0.717, 1.165) is 12.2 Å². The van der Waals surface area contributed by atoms with Crippen LogP contribution in [0.5, 0.6) is 0 Å². The molecular weight excluding hydrogens is 158 g/mol. The Morgan fingerprint density at radius 3 is 2.69 bits per heavy atom. The van der Waals surface area contributed by atoms with Crippen LogP contribution in [0.25, 0.3) is 5.32 Å². The van der Waals surface area contributed by atoms with Crippen LogP contribution in [0.2, 0.25) is 0 Å². The molecule has 0 saturated heterocycles. The van der Waals surface area contributed by atoms with E-state index in [2.05, 4.69) is 23.2 Å². The van der Waals surface area contributed by atoms with Gasteiger partial charge in [0, 0.05) is 0 Å². The summed E-state index contributed by atoms with van der Waals surface area (Å²) in [6.07, 6.45) is 5.79. The van der Waals surface area contributed by atoms with Crippen molar-refractivity contribution in [2.45, 2.75) is 6.54 Å². The molecule has 1 aliphatic carbocycles. The molecule has 0 unspecified atom stereocenters. The maximum absolute atomic E-state index is 4.38. The molecule has 64 valence electrons. The maximum atomic E-state index is 4.38. The van der Waals surface area contributed by atoms with E-state index in [1.54, 1.807) is 0 Å². The second-order valence-corrected chi connectivity index (χ2v) is 2.86. The van der Waals surface area contributed by atoms with Gasteiger partial charge in [-0.2, -0.15) is 0 Å². The number of rotatable bonds is 3. The highest BCUT2D eigenvalue weighted by molar-refractivity contribution is 5.37. The summed E-state index contributed by atoms with van der Waals surface area (Å²) in [4.78, 5) is 0. The third-order valence-electron chi connectivity index (χ3n) is 1.86. The summed E-state index contributed by atoms with van der Waals surface area (Å²) in [6.45, 7) is 0.737. The van der Waals surface area contributed by atoms with E-state index >= 15 is 0 Å². The van der Waals surface area contributed by atoms with E-state index in [4.69, 9.17) is 0 Å². The molecule has 0 spiro atoms. The van der Waals surface area contributed by atoms with Gasteiger partial charge in [-0.05, 0) is 6.08 Å². The average Bonchev–Trinajstić information content (AvgIpc) is 2.69. The zero-order chi connectivity index (χ0) is 8.93. The molecule has 0 fully saturated rings. The van der Waals surface area contributed by atoms with Gasteiger partial charge in [0.2, 0.25) is 0 Å². The van der Waals surface area contributed by atoms with Crippen molar-refractivity contribution in [3.05, 3.63) is 70.9 Å². The van der Waals surface area contributed by atoms with Crippen molar-refractivity contribution < 1.29 is 0 Å². The van der Waals surface area contributed by atoms with Gasteiger partial charge in [0.1, 0.15) is 0 Å². The second-order valence-electron chi connectivity index (χ2n) is 2.86. The lowest BCUT2D eigenvalue weighted by Gasteiger charge is -2.19. The number of nitrogens with zero attached hydrogens (tertiary/aromatic N) is 1. The fourth-order valence-electron chi connectivity index (χ4n) is 1.18. The van der Waals surface area contributed by atoms with Crippen molar-refractivity contribution in [2.24, 2.45) is 0 Å². The van der Waals surface area contributed by atoms with Gasteiger partial charge in [-0.1, -0.05) is 53.7 Å². The minimum Gasteiger partial charge on any atom is -0.674 e. The lowest BCUT2D eigenvalue weighted by molar-refractivity contribution is 1.19. The fraction of sp³-hybridized carbons (Fsp3) is 0.0833. The lowest BCUT2D eigenvalue weighted by Crippen LogP contribution is -1.82. The molecule has 0 aromatic heterocycles. The highest BCUT2D eigenvalue weighted by Crippen LogP contribution is 2.14. The molecular formula is C12H10N-. The number of benzene rings is 1. The van der Waals surface area contributed by atoms with Gasteiger partial charge in [0.25, 0.3) is 0 Å². The van der Waals surface area contributed by atoms with Crippen molar-refractivity contribution >= 4 is 0 Å². The molecule has 0 aliphatic heterocycles. The van der Waals surface area contributed by atoms with Crippen molar-refractivity contribution in [3.8, 4) is 0 Å². The van der Waals surface area contributed by atoms with Crippen molar-refractivity contribution in [2.75, 3.05) is 0 Å². The van der Waals surface area contributed by atoms with Gasteiger partial charge in [-0.25, -0.2) is 0 Å². The van der Waals surface area contributed by atoms with Gasteiger partial charge < -0.3 is 5.32 Å². The summed E-state index contributed by atoms with van der Waals surface area (Å²) in [5, 5.41) is 4.38. The molecule has 1 aromatic rings. The first kappa shape index (κ1) is 7.90. The molecule has 13 heavy (non-hydrogen) atoms. The van der Waals surface area contributed by atoms with Crippen molar-refractivity contribution in [1.82, 2.24) is 0 Å². The van der Waals surface area contributed by atoms with Gasteiger partial charge in [0.05, 0.1) is 0 Å². The highest BCUT2D eigenvalue weighted by Gasteiger charge is 1.83. The Labute approximate surface area is 78.1 Å². The van der Waals surface area contributed by atoms with Crippen molar-refractivity contribution in [3.63, 3.8) is 0 Å². The quantitative estimate of drug-likeness (QED) is 0.615. The summed E-state index contributed by atoms with van der Waals surface area (Å²) >= 11 is 0. The van der Waals surface area contributed by atoms with Gasteiger partial charge in [0.15, 0.2) is 0 Å². The van der Waals surface area contributed by atoms with Crippen LogP contribution in [0, 0.1) is 0 Å². The number of hydrogen-bond donors (Lipinski definition) is 0. The molecule has 1 nitrogen and oxygen atoms in total. The molecule has 1 aromatic carbocycles. The standard InChI is InChI=1S/C12H10N/c1-2-6-11(7-3-1)10-13-12-8-4-5-9-12/h1-8H,10H2/q-1. The van der Waals surface area contributed by atoms with Crippen molar-refractivity contribution in [1.29, 1.82) is 0 Å². The number of hydrogen-bond acceptors (Lipinski definition) is 0. The molecule has 1 aliphatic rings. The van der Waals surface area contributed by atoms with E-state index in [0.29, 0.717) is 0 Å². The van der Waals surface area contributed by atoms with Crippen LogP contribution in [0.3, 0.4) is 0 Å². The van der Waals surface area contributed by atoms with E-state index < -0.39 is 0 Å². The van der Waals surface area contributed by atoms with Crippen LogP contribution in [0.15, 0.2) is 60.0 Å². The average molecular weight is 168 g/mol. The smallest absolute Gasteiger partial charge is 0.0213 e. The minimum absolute atomic E-state index is 0.737. The fourth-order valence-corrected chi connectivity index (χ4v) is 1.18. The van der Waals surface area contributed by atoms with Gasteiger partial charge in [-0.15, -0.1) is 12.3 Å². The van der Waals surface area contributed by atoms with E-state index in [-0.39, 0.29) is 0 Å². The Hall–Kier alpha value is -1.72. The Balaban J connectivity index is 1.94. The predicted molar refractivity (Wildman–Crippen MR) is 54.2 cm³/mol. The van der Waals surface area contributed by atoms with E-state index in [1.807, 2.05) is 36.4 Å². The first-order valence-electron chi connectivity index (χ1n) is 4.30. The van der Waals surface area contributed by atoms with Crippen LogP contribution < -0.4 is 0 Å². The molecule has 0 amide bonds. The molecule has 1 heteroatoms. The molecule has 0 bridgehead atoms. The lowest BCUT2D eigenvalue weighted by atomic mass is 10.2. The molecule has 0 heterocycles. The summed E-state index contributed by atoms with van der Waals surface area (Å²) in [5.74, 6) is 0. The normalized spacial score (nSPS) is 13.1. The third kappa shape index (κ3) is 2.11. The van der Waals surface area contributed by atoms with Crippen LogP contribution >= 0.6 is 0 Å². The Bertz CT molecular complexity index is 367. The SMILES string of the molecule is C1=CC=CC=1[N-]Cc1ccccc1. The van der Waals surface area contributed by atoms with Gasteiger partial charge >= 0.3 is 0 Å². The molecule has 0 N–H and O–H groups in total. The molecule has 2 rings (SSSR count). The first-order chi connectivity index (χ1) is 6.45. The van der Waals surface area contributed by atoms with Crippen LogP contribution in [0.4, 0.5) is 0 Å². The molecule has 0 saturated carbocycles. The van der Waals surface area contributed by atoms with E-state index in [1.165, 1.54) is 5.56 Å². The largest absolute Gasteiger partial charge is 0.674 e. The molecule has 0 radical (unpaired) electrons. The highest BCUT2D eigenvalue weighted by atomic mass is 14.9. The zero-order valence-corrected chi connectivity index (χ0v) is 7.27. The minimum atomic E-state index is 0.737. The van der Waals surface area contributed by atoms with Crippen LogP contribution in [0.1, 0.15) is 5.56 Å². The second kappa shape index (κ2) is 3.79. The van der Waals surface area contributed by atoms with Crippen LogP contribution in [-0.4, -0.2) is 0 Å². The Kier molecular flexibility index (Phi) is 2.31. The predicted octanol–water partition coefficient (Wildman–Crippen LogP) is 3.17.